The van der Waals surface area contributed by atoms with Crippen molar-refractivity contribution in [2.24, 2.45) is 26.2 Å². The van der Waals surface area contributed by atoms with E-state index in [4.69, 9.17) is 5.73 Å². The number of nitrogens with one attached hydrogen (secondary N) is 5. The fourth-order valence-electron chi connectivity index (χ4n) is 5.92. The largest absolute Gasteiger partial charge is 0.505 e. The molecule has 5 aromatic carbocycles. The highest BCUT2D eigenvalue weighted by Gasteiger charge is 2.23. The first-order chi connectivity index (χ1) is 30.4. The topological polar surface area (TPSA) is 378 Å². The standard InChI is InChI=1S/C37H41N13O11S3/c38-11-12-39-13-14-40-15-16-41-35-44-36(42-17-18-51)46-37(45-35)43-24-2-1-22-19-32(64(59,60)61)33(34(52)28(22)20-24)50-49-31-10-9-30(27-8-7-26(21-29(27)31)63(56,57)58)48-47-23-3-5-25(6-4-23)62(53,54)55/h1-10,19-21,39-40,51-52H,11-18,38H2,(H,53,54,55)(H,56,57,58)(H,59,60,61)(H3,41,42,43,44,45,46)/b48-47+,50-49+. The zero-order valence-electron chi connectivity index (χ0n) is 33.3. The van der Waals surface area contributed by atoms with Crippen molar-refractivity contribution in [1.82, 2.24) is 25.6 Å². The van der Waals surface area contributed by atoms with E-state index in [0.717, 1.165) is 36.9 Å². The van der Waals surface area contributed by atoms with Crippen LogP contribution in [0.3, 0.4) is 0 Å². The Morgan fingerprint density at radius 1 is 0.562 bits per heavy atom. The highest BCUT2D eigenvalue weighted by Crippen LogP contribution is 2.43. The number of aromatic hydroxyl groups is 1. The molecule has 0 unspecified atom stereocenters. The highest BCUT2D eigenvalue weighted by molar-refractivity contribution is 7.86. The fourth-order valence-corrected chi connectivity index (χ4v) is 7.57. The van der Waals surface area contributed by atoms with Gasteiger partial charge in [-0.25, -0.2) is 0 Å². The molecular formula is C37H41N13O11S3. The van der Waals surface area contributed by atoms with E-state index in [9.17, 15) is 49.1 Å². The van der Waals surface area contributed by atoms with Gasteiger partial charge in [0, 0.05) is 67.7 Å². The Kier molecular flexibility index (Phi) is 15.0. The number of nitrogens with two attached hydrogens (primary N) is 1. The van der Waals surface area contributed by atoms with Gasteiger partial charge in [0.05, 0.1) is 33.5 Å². The molecular weight excluding hydrogens is 899 g/mol. The van der Waals surface area contributed by atoms with E-state index in [1.807, 2.05) is 0 Å². The molecule has 0 spiro atoms. The second-order valence-corrected chi connectivity index (χ2v) is 17.7. The van der Waals surface area contributed by atoms with Crippen LogP contribution in [0.2, 0.25) is 0 Å². The van der Waals surface area contributed by atoms with Crippen molar-refractivity contribution in [3.63, 3.8) is 0 Å². The lowest BCUT2D eigenvalue weighted by Crippen LogP contribution is -2.32. The molecule has 1 heterocycles. The summed E-state index contributed by atoms with van der Waals surface area (Å²) in [6.45, 7) is 3.66. The van der Waals surface area contributed by atoms with Gasteiger partial charge in [0.25, 0.3) is 30.4 Å². The van der Waals surface area contributed by atoms with Gasteiger partial charge in [-0.3, -0.25) is 13.7 Å². The first-order valence-corrected chi connectivity index (χ1v) is 23.2. The Labute approximate surface area is 365 Å². The van der Waals surface area contributed by atoms with Crippen LogP contribution in [0.1, 0.15) is 0 Å². The van der Waals surface area contributed by atoms with Crippen LogP contribution >= 0.6 is 0 Å². The number of phenolic OH excluding ortho intramolecular Hbond substituents is 1. The summed E-state index contributed by atoms with van der Waals surface area (Å²) in [6, 6.07) is 16.4. The molecule has 12 N–H and O–H groups in total. The van der Waals surface area contributed by atoms with Gasteiger partial charge in [0.1, 0.15) is 10.6 Å². The third-order valence-electron chi connectivity index (χ3n) is 8.91. The average molecular weight is 940 g/mol. The van der Waals surface area contributed by atoms with Crippen LogP contribution in [0, 0.1) is 0 Å². The molecule has 0 aliphatic rings. The van der Waals surface area contributed by atoms with E-state index in [1.165, 1.54) is 48.5 Å². The number of phenols is 1. The van der Waals surface area contributed by atoms with Gasteiger partial charge in [0.2, 0.25) is 17.8 Å². The zero-order chi connectivity index (χ0) is 46.1. The molecule has 0 saturated heterocycles. The van der Waals surface area contributed by atoms with E-state index in [-0.39, 0.29) is 74.5 Å². The number of aromatic nitrogens is 3. The van der Waals surface area contributed by atoms with Crippen LogP contribution in [-0.4, -0.2) is 116 Å². The van der Waals surface area contributed by atoms with Crippen LogP contribution in [-0.2, 0) is 30.4 Å². The van der Waals surface area contributed by atoms with Crippen molar-refractivity contribution in [2.45, 2.75) is 14.7 Å². The minimum Gasteiger partial charge on any atom is -0.505 e. The average Bonchev–Trinajstić information content (AvgIpc) is 3.24. The minimum absolute atomic E-state index is 0.0168. The number of hydrogen-bond donors (Lipinski definition) is 11. The SMILES string of the molecule is NCCNCCNCCNc1nc(NCCO)nc(Nc2ccc3cc(S(=O)(=O)O)c(/N=N/c4ccc(/N=N/c5ccc(S(=O)(=O)O)cc5)c5ccc(S(=O)(=O)O)cc45)c(O)c3c2)n1. The molecule has 0 aliphatic heterocycles. The summed E-state index contributed by atoms with van der Waals surface area (Å²) in [5, 5.41) is 53.1. The first kappa shape index (κ1) is 47.1. The lowest BCUT2D eigenvalue weighted by molar-refractivity contribution is 0.311. The van der Waals surface area contributed by atoms with Gasteiger partial charge in [-0.05, 0) is 72.1 Å². The summed E-state index contributed by atoms with van der Waals surface area (Å²) in [4.78, 5) is 11.3. The lowest BCUT2D eigenvalue weighted by Gasteiger charge is -2.13. The third-order valence-corrected chi connectivity index (χ3v) is 11.5. The number of fused-ring (bicyclic) bond motifs is 2. The molecule has 0 radical (unpaired) electrons. The molecule has 0 fully saturated rings. The molecule has 6 rings (SSSR count). The predicted molar refractivity (Wildman–Crippen MR) is 236 cm³/mol. The molecule has 6 aromatic rings. The number of rotatable bonds is 21. The maximum absolute atomic E-state index is 12.7. The molecule has 0 aliphatic carbocycles. The van der Waals surface area contributed by atoms with Gasteiger partial charge in [-0.15, -0.1) is 15.3 Å². The van der Waals surface area contributed by atoms with Crippen LogP contribution in [0.25, 0.3) is 21.5 Å². The number of aliphatic hydroxyl groups excluding tert-OH is 1. The Morgan fingerprint density at radius 2 is 1.16 bits per heavy atom. The summed E-state index contributed by atoms with van der Waals surface area (Å²) >= 11 is 0. The Morgan fingerprint density at radius 3 is 1.80 bits per heavy atom. The molecule has 0 atom stereocenters. The lowest BCUT2D eigenvalue weighted by atomic mass is 10.1. The summed E-state index contributed by atoms with van der Waals surface area (Å²) in [6.07, 6.45) is 0. The molecule has 338 valence electrons. The molecule has 27 heteroatoms. The highest BCUT2D eigenvalue weighted by atomic mass is 32.2. The Bertz CT molecular complexity index is 3070. The minimum atomic E-state index is -5.05. The van der Waals surface area contributed by atoms with E-state index in [1.54, 1.807) is 0 Å². The summed E-state index contributed by atoms with van der Waals surface area (Å²) in [5.74, 6) is -0.331. The summed E-state index contributed by atoms with van der Waals surface area (Å²) in [5.41, 5.74) is 5.32. The van der Waals surface area contributed by atoms with Crippen molar-refractivity contribution >= 4 is 98.2 Å². The molecule has 1 aromatic heterocycles. The smallest absolute Gasteiger partial charge is 0.296 e. The van der Waals surface area contributed by atoms with Gasteiger partial charge < -0.3 is 42.5 Å². The second-order valence-electron chi connectivity index (χ2n) is 13.4. The Hall–Kier alpha value is -6.40. The quantitative estimate of drug-likeness (QED) is 0.0274. The first-order valence-electron chi connectivity index (χ1n) is 18.9. The van der Waals surface area contributed by atoms with E-state index in [0.29, 0.717) is 38.4 Å². The van der Waals surface area contributed by atoms with Gasteiger partial charge in [-0.1, -0.05) is 12.1 Å². The van der Waals surface area contributed by atoms with E-state index < -0.39 is 51.6 Å². The maximum Gasteiger partial charge on any atom is 0.296 e. The van der Waals surface area contributed by atoms with Crippen molar-refractivity contribution < 1.29 is 49.1 Å². The van der Waals surface area contributed by atoms with Crippen LogP contribution in [0.15, 0.2) is 114 Å². The number of anilines is 4. The molecule has 64 heavy (non-hydrogen) atoms. The van der Waals surface area contributed by atoms with Crippen LogP contribution in [0.4, 0.5) is 46.3 Å². The number of hydrogen-bond acceptors (Lipinski definition) is 21. The fraction of sp³-hybridized carbons (Fsp3) is 0.216. The van der Waals surface area contributed by atoms with Crippen LogP contribution in [0.5, 0.6) is 5.75 Å². The summed E-state index contributed by atoms with van der Waals surface area (Å²) in [7, 11) is -14.3. The number of aliphatic hydroxyl groups is 1. The predicted octanol–water partition coefficient (Wildman–Crippen LogP) is 4.15. The monoisotopic (exact) mass is 939 g/mol. The van der Waals surface area contributed by atoms with Crippen molar-refractivity contribution in [1.29, 1.82) is 0 Å². The normalized spacial score (nSPS) is 12.5. The second kappa shape index (κ2) is 20.4. The maximum atomic E-state index is 12.7. The number of nitrogens with zero attached hydrogens (tertiary/aromatic N) is 7. The molecule has 0 bridgehead atoms. The van der Waals surface area contributed by atoms with Gasteiger partial charge >= 0.3 is 0 Å². The van der Waals surface area contributed by atoms with Gasteiger partial charge in [-0.2, -0.15) is 45.3 Å². The number of benzene rings is 5. The van der Waals surface area contributed by atoms with Crippen molar-refractivity contribution in [3.05, 3.63) is 78.9 Å². The van der Waals surface area contributed by atoms with Crippen molar-refractivity contribution in [2.75, 3.05) is 68.4 Å². The summed E-state index contributed by atoms with van der Waals surface area (Å²) < 4.78 is 102. The molecule has 0 amide bonds. The van der Waals surface area contributed by atoms with Crippen LogP contribution < -0.4 is 32.3 Å². The molecule has 24 nitrogen and oxygen atoms in total. The van der Waals surface area contributed by atoms with Crippen molar-refractivity contribution in [3.8, 4) is 5.75 Å². The molecule has 0 saturated carbocycles. The van der Waals surface area contributed by atoms with Gasteiger partial charge in [0.15, 0.2) is 5.75 Å². The number of azo groups is 2. The van der Waals surface area contributed by atoms with E-state index in [2.05, 4.69) is 62.0 Å². The van der Waals surface area contributed by atoms with E-state index >= 15 is 0 Å². The third kappa shape index (κ3) is 12.2. The zero-order valence-corrected chi connectivity index (χ0v) is 35.7. The Balaban J connectivity index is 1.34.